The molecule has 0 saturated carbocycles. The maximum absolute atomic E-state index is 9.40. The predicted octanol–water partition coefficient (Wildman–Crippen LogP) is 4.07. The fourth-order valence-electron chi connectivity index (χ4n) is 2.81. The highest BCUT2D eigenvalue weighted by molar-refractivity contribution is 5.89. The molecule has 1 aliphatic rings. The standard InChI is InChI=1S/C18H17NO2/c1-2-5-13(12-19)14-8-9-17(18-20-10-11-21-18)16-7-4-3-6-15(14)16/h2-4,6-9,13,18H,1,5,10-11H2. The molecule has 3 heteroatoms. The Morgan fingerprint density at radius 3 is 2.57 bits per heavy atom. The summed E-state index contributed by atoms with van der Waals surface area (Å²) in [5, 5.41) is 11.6. The third-order valence-electron chi connectivity index (χ3n) is 3.80. The van der Waals surface area contributed by atoms with Crippen LogP contribution in [0.25, 0.3) is 10.8 Å². The second-order valence-electron chi connectivity index (χ2n) is 5.07. The molecule has 0 amide bonds. The smallest absolute Gasteiger partial charge is 0.184 e. The molecule has 3 rings (SSSR count). The van der Waals surface area contributed by atoms with E-state index in [1.54, 1.807) is 6.08 Å². The molecule has 0 radical (unpaired) electrons. The summed E-state index contributed by atoms with van der Waals surface area (Å²) in [4.78, 5) is 0. The van der Waals surface area contributed by atoms with E-state index in [9.17, 15) is 5.26 Å². The molecule has 2 aromatic carbocycles. The van der Waals surface area contributed by atoms with Crippen LogP contribution in [0.5, 0.6) is 0 Å². The Labute approximate surface area is 124 Å². The van der Waals surface area contributed by atoms with Crippen LogP contribution in [0.3, 0.4) is 0 Å². The van der Waals surface area contributed by atoms with Crippen LogP contribution in [0, 0.1) is 11.3 Å². The number of fused-ring (bicyclic) bond motifs is 1. The molecule has 1 fully saturated rings. The van der Waals surface area contributed by atoms with Crippen molar-refractivity contribution in [2.75, 3.05) is 13.2 Å². The molecule has 21 heavy (non-hydrogen) atoms. The molecular weight excluding hydrogens is 262 g/mol. The summed E-state index contributed by atoms with van der Waals surface area (Å²) in [6.07, 6.45) is 2.14. The van der Waals surface area contributed by atoms with Crippen LogP contribution in [-0.4, -0.2) is 13.2 Å². The minimum absolute atomic E-state index is 0.174. The fourth-order valence-corrected chi connectivity index (χ4v) is 2.81. The van der Waals surface area contributed by atoms with Gasteiger partial charge in [-0.15, -0.1) is 6.58 Å². The van der Waals surface area contributed by atoms with Crippen molar-refractivity contribution in [1.82, 2.24) is 0 Å². The van der Waals surface area contributed by atoms with Crippen LogP contribution < -0.4 is 0 Å². The Kier molecular flexibility index (Phi) is 4.01. The maximum atomic E-state index is 9.40. The lowest BCUT2D eigenvalue weighted by Crippen LogP contribution is -2.02. The maximum Gasteiger partial charge on any atom is 0.184 e. The summed E-state index contributed by atoms with van der Waals surface area (Å²) in [5.74, 6) is -0.174. The average Bonchev–Trinajstić information content (AvgIpc) is 3.06. The summed E-state index contributed by atoms with van der Waals surface area (Å²) in [7, 11) is 0. The molecule has 0 spiro atoms. The Hall–Kier alpha value is -2.15. The van der Waals surface area contributed by atoms with Crippen LogP contribution in [0.2, 0.25) is 0 Å². The fraction of sp³-hybridized carbons (Fsp3) is 0.278. The summed E-state index contributed by atoms with van der Waals surface area (Å²) in [6, 6.07) is 14.5. The first-order chi connectivity index (χ1) is 10.3. The third-order valence-corrected chi connectivity index (χ3v) is 3.80. The van der Waals surface area contributed by atoms with Crippen molar-refractivity contribution in [2.45, 2.75) is 18.6 Å². The van der Waals surface area contributed by atoms with Crippen LogP contribution in [0.1, 0.15) is 29.8 Å². The molecule has 1 aliphatic heterocycles. The van der Waals surface area contributed by atoms with Crippen LogP contribution in [0.4, 0.5) is 0 Å². The first-order valence-corrected chi connectivity index (χ1v) is 7.10. The lowest BCUT2D eigenvalue weighted by molar-refractivity contribution is -0.0430. The van der Waals surface area contributed by atoms with Gasteiger partial charge in [-0.25, -0.2) is 0 Å². The van der Waals surface area contributed by atoms with E-state index in [-0.39, 0.29) is 12.2 Å². The molecule has 1 heterocycles. The number of ether oxygens (including phenoxy) is 2. The van der Waals surface area contributed by atoms with Crippen molar-refractivity contribution in [1.29, 1.82) is 5.26 Å². The Morgan fingerprint density at radius 2 is 1.90 bits per heavy atom. The van der Waals surface area contributed by atoms with Crippen LogP contribution >= 0.6 is 0 Å². The molecule has 0 bridgehead atoms. The van der Waals surface area contributed by atoms with E-state index >= 15 is 0 Å². The normalized spacial score (nSPS) is 16.7. The predicted molar refractivity (Wildman–Crippen MR) is 81.8 cm³/mol. The summed E-state index contributed by atoms with van der Waals surface area (Å²) in [5.41, 5.74) is 2.07. The molecule has 1 unspecified atom stereocenters. The third kappa shape index (κ3) is 2.56. The van der Waals surface area contributed by atoms with Crippen molar-refractivity contribution in [3.05, 3.63) is 60.2 Å². The molecule has 106 valence electrons. The number of nitriles is 1. The topological polar surface area (TPSA) is 42.2 Å². The van der Waals surface area contributed by atoms with Crippen molar-refractivity contribution in [3.63, 3.8) is 0 Å². The van der Waals surface area contributed by atoms with Gasteiger partial charge in [0.25, 0.3) is 0 Å². The van der Waals surface area contributed by atoms with E-state index in [0.717, 1.165) is 21.9 Å². The van der Waals surface area contributed by atoms with Crippen molar-refractivity contribution >= 4 is 10.8 Å². The first kappa shape index (κ1) is 13.8. The van der Waals surface area contributed by atoms with E-state index in [1.165, 1.54) is 0 Å². The molecule has 1 atom stereocenters. The molecule has 1 saturated heterocycles. The van der Waals surface area contributed by atoms with Gasteiger partial charge in [-0.2, -0.15) is 5.26 Å². The van der Waals surface area contributed by atoms with Crippen molar-refractivity contribution in [3.8, 4) is 6.07 Å². The van der Waals surface area contributed by atoms with Gasteiger partial charge >= 0.3 is 0 Å². The number of rotatable bonds is 4. The highest BCUT2D eigenvalue weighted by Crippen LogP contribution is 2.35. The van der Waals surface area contributed by atoms with Gasteiger partial charge in [0.05, 0.1) is 25.2 Å². The van der Waals surface area contributed by atoms with E-state index < -0.39 is 0 Å². The number of hydrogen-bond acceptors (Lipinski definition) is 3. The SMILES string of the molecule is C=CCC(C#N)c1ccc(C2OCCO2)c2ccccc12. The van der Waals surface area contributed by atoms with E-state index in [4.69, 9.17) is 9.47 Å². The second kappa shape index (κ2) is 6.09. The van der Waals surface area contributed by atoms with Gasteiger partial charge in [-0.1, -0.05) is 42.5 Å². The van der Waals surface area contributed by atoms with Crippen molar-refractivity contribution in [2.24, 2.45) is 0 Å². The van der Waals surface area contributed by atoms with Gasteiger partial charge in [-0.05, 0) is 22.8 Å². The van der Waals surface area contributed by atoms with Crippen molar-refractivity contribution < 1.29 is 9.47 Å². The lowest BCUT2D eigenvalue weighted by atomic mass is 9.90. The van der Waals surface area contributed by atoms with E-state index in [2.05, 4.69) is 24.8 Å². The van der Waals surface area contributed by atoms with Gasteiger partial charge in [0.2, 0.25) is 0 Å². The van der Waals surface area contributed by atoms with E-state index in [1.807, 2.05) is 24.3 Å². The van der Waals surface area contributed by atoms with E-state index in [0.29, 0.717) is 19.6 Å². The Balaban J connectivity index is 2.14. The van der Waals surface area contributed by atoms with Gasteiger partial charge in [0, 0.05) is 5.56 Å². The van der Waals surface area contributed by atoms with Gasteiger partial charge in [0.15, 0.2) is 6.29 Å². The molecule has 2 aromatic rings. The lowest BCUT2D eigenvalue weighted by Gasteiger charge is -2.17. The first-order valence-electron chi connectivity index (χ1n) is 7.10. The average molecular weight is 279 g/mol. The zero-order chi connectivity index (χ0) is 14.7. The van der Waals surface area contributed by atoms with Crippen LogP contribution in [0.15, 0.2) is 49.1 Å². The highest BCUT2D eigenvalue weighted by atomic mass is 16.7. The number of hydrogen-bond donors (Lipinski definition) is 0. The molecule has 0 aromatic heterocycles. The monoisotopic (exact) mass is 279 g/mol. The Bertz CT molecular complexity index is 696. The molecular formula is C18H17NO2. The quantitative estimate of drug-likeness (QED) is 0.792. The zero-order valence-corrected chi connectivity index (χ0v) is 11.8. The zero-order valence-electron chi connectivity index (χ0n) is 11.8. The minimum atomic E-state index is -0.302. The molecule has 0 N–H and O–H groups in total. The highest BCUT2D eigenvalue weighted by Gasteiger charge is 2.22. The molecule has 0 aliphatic carbocycles. The number of allylic oxidation sites excluding steroid dienone is 1. The number of benzene rings is 2. The molecule has 3 nitrogen and oxygen atoms in total. The minimum Gasteiger partial charge on any atom is -0.346 e. The number of nitrogens with zero attached hydrogens (tertiary/aromatic N) is 1. The largest absolute Gasteiger partial charge is 0.346 e. The second-order valence-corrected chi connectivity index (χ2v) is 5.07. The van der Waals surface area contributed by atoms with Gasteiger partial charge in [0.1, 0.15) is 0 Å². The summed E-state index contributed by atoms with van der Waals surface area (Å²) >= 11 is 0. The Morgan fingerprint density at radius 1 is 1.19 bits per heavy atom. The summed E-state index contributed by atoms with van der Waals surface area (Å²) < 4.78 is 11.2. The van der Waals surface area contributed by atoms with Gasteiger partial charge in [-0.3, -0.25) is 0 Å². The van der Waals surface area contributed by atoms with Gasteiger partial charge < -0.3 is 9.47 Å². The summed E-state index contributed by atoms with van der Waals surface area (Å²) in [6.45, 7) is 4.99. The van der Waals surface area contributed by atoms with Crippen LogP contribution in [-0.2, 0) is 9.47 Å².